The van der Waals surface area contributed by atoms with Gasteiger partial charge in [-0.05, 0) is 45.8 Å². The Morgan fingerprint density at radius 3 is 2.26 bits per heavy atom. The van der Waals surface area contributed by atoms with E-state index in [1.807, 2.05) is 54.6 Å². The van der Waals surface area contributed by atoms with E-state index in [0.717, 1.165) is 37.1 Å². The van der Waals surface area contributed by atoms with Crippen LogP contribution in [0.3, 0.4) is 0 Å². The molecule has 0 aromatic heterocycles. The van der Waals surface area contributed by atoms with Gasteiger partial charge >= 0.3 is 0 Å². The van der Waals surface area contributed by atoms with Crippen LogP contribution in [0.15, 0.2) is 82.4 Å². The Labute approximate surface area is 188 Å². The van der Waals surface area contributed by atoms with Crippen LogP contribution in [0, 0.1) is 0 Å². The van der Waals surface area contributed by atoms with Gasteiger partial charge in [0.2, 0.25) is 18.0 Å². The summed E-state index contributed by atoms with van der Waals surface area (Å²) in [6, 6.07) is 24.0. The van der Waals surface area contributed by atoms with Crippen LogP contribution in [0.1, 0.15) is 24.3 Å². The molecular formula is C25H19BrN2O3. The first-order chi connectivity index (χ1) is 15.1. The van der Waals surface area contributed by atoms with Crippen molar-refractivity contribution in [1.29, 1.82) is 0 Å². The molecule has 0 bridgehead atoms. The van der Waals surface area contributed by atoms with Crippen LogP contribution in [0.4, 0.5) is 0 Å². The van der Waals surface area contributed by atoms with Crippen molar-refractivity contribution in [2.75, 3.05) is 7.11 Å². The second-order valence-electron chi connectivity index (χ2n) is 7.32. The van der Waals surface area contributed by atoms with Gasteiger partial charge in [-0.3, -0.25) is 4.79 Å². The molecular weight excluding hydrogens is 456 g/mol. The maximum atomic E-state index is 12.5. The number of halogens is 1. The number of hydrazone groups is 1. The van der Waals surface area contributed by atoms with Crippen LogP contribution in [0.2, 0.25) is 0 Å². The number of nitrogens with zero attached hydrogens (tertiary/aromatic N) is 2. The SMILES string of the molecule is COc1ccc(Br)cc1[C@@H]1OC(c2c3ccccc3cc3ccccc23)=NN1C(C)=O. The van der Waals surface area contributed by atoms with Crippen LogP contribution in [-0.2, 0) is 9.53 Å². The van der Waals surface area contributed by atoms with Crippen molar-refractivity contribution < 1.29 is 14.3 Å². The van der Waals surface area contributed by atoms with Gasteiger partial charge in [0.15, 0.2) is 0 Å². The Hall–Kier alpha value is -3.38. The molecule has 4 aromatic carbocycles. The van der Waals surface area contributed by atoms with E-state index >= 15 is 0 Å². The van der Waals surface area contributed by atoms with E-state index in [-0.39, 0.29) is 5.91 Å². The third-order valence-corrected chi connectivity index (χ3v) is 5.90. The van der Waals surface area contributed by atoms with Gasteiger partial charge in [0.1, 0.15) is 5.75 Å². The molecule has 0 spiro atoms. The highest BCUT2D eigenvalue weighted by molar-refractivity contribution is 9.10. The Morgan fingerprint density at radius 1 is 1.00 bits per heavy atom. The van der Waals surface area contributed by atoms with E-state index in [1.54, 1.807) is 7.11 Å². The maximum absolute atomic E-state index is 12.5. The van der Waals surface area contributed by atoms with Crippen molar-refractivity contribution in [2.24, 2.45) is 5.10 Å². The molecule has 1 aliphatic rings. The van der Waals surface area contributed by atoms with E-state index in [1.165, 1.54) is 11.9 Å². The normalized spacial score (nSPS) is 15.8. The lowest BCUT2D eigenvalue weighted by Gasteiger charge is -2.21. The number of carbonyl (C=O) groups excluding carboxylic acids is 1. The Bertz CT molecular complexity index is 1310. The predicted octanol–water partition coefficient (Wildman–Crippen LogP) is 6.00. The van der Waals surface area contributed by atoms with Gasteiger partial charge in [-0.2, -0.15) is 5.01 Å². The molecule has 1 heterocycles. The van der Waals surface area contributed by atoms with E-state index in [2.05, 4.69) is 39.2 Å². The summed E-state index contributed by atoms with van der Waals surface area (Å²) in [5.74, 6) is 0.820. The number of fused-ring (bicyclic) bond motifs is 2. The smallest absolute Gasteiger partial charge is 0.243 e. The lowest BCUT2D eigenvalue weighted by atomic mass is 9.96. The quantitative estimate of drug-likeness (QED) is 0.342. The number of rotatable bonds is 3. The van der Waals surface area contributed by atoms with Crippen molar-refractivity contribution in [3.63, 3.8) is 0 Å². The molecule has 0 unspecified atom stereocenters. The van der Waals surface area contributed by atoms with Crippen LogP contribution in [-0.4, -0.2) is 23.9 Å². The topological polar surface area (TPSA) is 51.1 Å². The Morgan fingerprint density at radius 2 is 1.65 bits per heavy atom. The van der Waals surface area contributed by atoms with E-state index in [4.69, 9.17) is 9.47 Å². The van der Waals surface area contributed by atoms with Gasteiger partial charge < -0.3 is 9.47 Å². The summed E-state index contributed by atoms with van der Waals surface area (Å²) in [6.45, 7) is 1.48. The number of ether oxygens (including phenoxy) is 2. The first-order valence-corrected chi connectivity index (χ1v) is 10.7. The molecule has 6 heteroatoms. The molecule has 4 aromatic rings. The van der Waals surface area contributed by atoms with Gasteiger partial charge in [-0.15, -0.1) is 5.10 Å². The average Bonchev–Trinajstić information content (AvgIpc) is 3.22. The zero-order valence-electron chi connectivity index (χ0n) is 17.0. The fraction of sp³-hybridized carbons (Fsp3) is 0.120. The van der Waals surface area contributed by atoms with Gasteiger partial charge in [-0.25, -0.2) is 0 Å². The summed E-state index contributed by atoms with van der Waals surface area (Å²) >= 11 is 3.50. The molecule has 5 rings (SSSR count). The van der Waals surface area contributed by atoms with Crippen LogP contribution in [0.5, 0.6) is 5.75 Å². The maximum Gasteiger partial charge on any atom is 0.243 e. The number of hydrogen-bond acceptors (Lipinski definition) is 4. The summed E-state index contributed by atoms with van der Waals surface area (Å²) in [4.78, 5) is 12.5. The van der Waals surface area contributed by atoms with Gasteiger partial charge in [0, 0.05) is 11.4 Å². The molecule has 0 N–H and O–H groups in total. The van der Waals surface area contributed by atoms with Crippen LogP contribution in [0.25, 0.3) is 21.5 Å². The zero-order valence-corrected chi connectivity index (χ0v) is 18.6. The van der Waals surface area contributed by atoms with Crippen LogP contribution >= 0.6 is 15.9 Å². The molecule has 1 amide bonds. The minimum Gasteiger partial charge on any atom is -0.496 e. The molecule has 31 heavy (non-hydrogen) atoms. The highest BCUT2D eigenvalue weighted by Gasteiger charge is 2.36. The lowest BCUT2D eigenvalue weighted by molar-refractivity contribution is -0.135. The number of carbonyl (C=O) groups is 1. The van der Waals surface area contributed by atoms with Crippen molar-refractivity contribution in [3.05, 3.63) is 88.4 Å². The highest BCUT2D eigenvalue weighted by Crippen LogP contribution is 2.39. The van der Waals surface area contributed by atoms with E-state index in [9.17, 15) is 4.79 Å². The molecule has 1 aliphatic heterocycles. The molecule has 0 fully saturated rings. The van der Waals surface area contributed by atoms with Crippen molar-refractivity contribution in [1.82, 2.24) is 5.01 Å². The standard InChI is InChI=1S/C25H19BrN2O3/c1-15(29)28-25(21-14-18(26)11-12-22(21)30-2)31-24(27-28)23-19-9-5-3-7-16(19)13-17-8-4-6-10-20(17)23/h3-14,25H,1-2H3/t25-/m0/s1. The second kappa shape index (κ2) is 7.71. The predicted molar refractivity (Wildman–Crippen MR) is 125 cm³/mol. The van der Waals surface area contributed by atoms with Gasteiger partial charge in [0.05, 0.1) is 18.2 Å². The van der Waals surface area contributed by atoms with Crippen molar-refractivity contribution in [3.8, 4) is 5.75 Å². The number of hydrogen-bond donors (Lipinski definition) is 0. The summed E-state index contributed by atoms with van der Waals surface area (Å²) in [5, 5.41) is 10.2. The van der Waals surface area contributed by atoms with Gasteiger partial charge in [-0.1, -0.05) is 64.5 Å². The lowest BCUT2D eigenvalue weighted by Crippen LogP contribution is -2.25. The number of methoxy groups -OCH3 is 1. The minimum absolute atomic E-state index is 0.216. The van der Waals surface area contributed by atoms with E-state index < -0.39 is 6.23 Å². The van der Waals surface area contributed by atoms with Gasteiger partial charge in [0.25, 0.3) is 0 Å². The molecule has 0 radical (unpaired) electrons. The molecule has 1 atom stereocenters. The summed E-state index contributed by atoms with van der Waals surface area (Å²) < 4.78 is 12.8. The molecule has 0 saturated carbocycles. The van der Waals surface area contributed by atoms with Crippen LogP contribution < -0.4 is 4.74 Å². The fourth-order valence-electron chi connectivity index (χ4n) is 4.01. The van der Waals surface area contributed by atoms with E-state index in [0.29, 0.717) is 11.6 Å². The molecule has 5 nitrogen and oxygen atoms in total. The third-order valence-electron chi connectivity index (χ3n) is 5.41. The monoisotopic (exact) mass is 474 g/mol. The van der Waals surface area contributed by atoms with Crippen molar-refractivity contribution >= 4 is 49.3 Å². The summed E-state index contributed by atoms with van der Waals surface area (Å²) in [5.41, 5.74) is 1.59. The molecule has 0 aliphatic carbocycles. The minimum atomic E-state index is -0.724. The Balaban J connectivity index is 1.72. The average molecular weight is 475 g/mol. The summed E-state index contributed by atoms with van der Waals surface area (Å²) in [7, 11) is 1.60. The Kier molecular flexibility index (Phi) is 4.87. The second-order valence-corrected chi connectivity index (χ2v) is 8.23. The first kappa shape index (κ1) is 19.6. The molecule has 154 valence electrons. The zero-order chi connectivity index (χ0) is 21.5. The largest absolute Gasteiger partial charge is 0.496 e. The summed E-state index contributed by atoms with van der Waals surface area (Å²) in [6.07, 6.45) is -0.724. The number of amides is 1. The fourth-order valence-corrected chi connectivity index (χ4v) is 4.39. The first-order valence-electron chi connectivity index (χ1n) is 9.86. The third kappa shape index (κ3) is 3.33. The van der Waals surface area contributed by atoms with Crippen molar-refractivity contribution in [2.45, 2.75) is 13.2 Å². The molecule has 0 saturated heterocycles. The number of benzene rings is 4. The highest BCUT2D eigenvalue weighted by atomic mass is 79.9.